The Morgan fingerprint density at radius 3 is 2.79 bits per heavy atom. The van der Waals surface area contributed by atoms with Gasteiger partial charge in [-0.05, 0) is 24.9 Å². The van der Waals surface area contributed by atoms with Gasteiger partial charge in [0.1, 0.15) is 0 Å². The summed E-state index contributed by atoms with van der Waals surface area (Å²) in [5.74, 6) is -1.03. The third kappa shape index (κ3) is 3.55. The number of benzene rings is 1. The van der Waals surface area contributed by atoms with E-state index < -0.39 is 5.97 Å². The molecule has 1 aromatic rings. The molecule has 2 rings (SSSR count). The first-order valence-electron chi connectivity index (χ1n) is 6.72. The van der Waals surface area contributed by atoms with Gasteiger partial charge in [0.05, 0.1) is 12.5 Å². The maximum absolute atomic E-state index is 11.4. The van der Waals surface area contributed by atoms with Gasteiger partial charge in [0.25, 0.3) is 0 Å². The van der Waals surface area contributed by atoms with E-state index in [1.165, 1.54) is 5.56 Å². The fourth-order valence-electron chi connectivity index (χ4n) is 2.82. The van der Waals surface area contributed by atoms with Crippen molar-refractivity contribution in [2.24, 2.45) is 5.92 Å². The molecule has 19 heavy (non-hydrogen) atoms. The number of hydrogen-bond acceptors (Lipinski definition) is 3. The number of methoxy groups -OCH3 is 1. The lowest BCUT2D eigenvalue weighted by Gasteiger charge is -2.39. The Hall–Kier alpha value is -1.39. The number of nitrogens with zero attached hydrogens (tertiary/aromatic N) is 1. The van der Waals surface area contributed by atoms with Crippen LogP contribution in [-0.2, 0) is 16.1 Å². The quantitative estimate of drug-likeness (QED) is 0.882. The van der Waals surface area contributed by atoms with Crippen molar-refractivity contribution in [1.29, 1.82) is 0 Å². The summed E-state index contributed by atoms with van der Waals surface area (Å²) < 4.78 is 5.22. The van der Waals surface area contributed by atoms with Crippen LogP contribution in [0.3, 0.4) is 0 Å². The molecule has 1 saturated heterocycles. The van der Waals surface area contributed by atoms with Gasteiger partial charge in [-0.3, -0.25) is 9.69 Å². The molecule has 0 aliphatic carbocycles. The predicted octanol–water partition coefficient (Wildman–Crippen LogP) is 2.00. The second kappa shape index (κ2) is 6.68. The van der Waals surface area contributed by atoms with Gasteiger partial charge >= 0.3 is 5.97 Å². The Kier molecular flexibility index (Phi) is 4.93. The maximum Gasteiger partial charge on any atom is 0.308 e. The van der Waals surface area contributed by atoms with Crippen LogP contribution in [0, 0.1) is 5.92 Å². The van der Waals surface area contributed by atoms with Crippen molar-refractivity contribution in [3.05, 3.63) is 35.9 Å². The van der Waals surface area contributed by atoms with E-state index >= 15 is 0 Å². The van der Waals surface area contributed by atoms with Crippen molar-refractivity contribution >= 4 is 5.97 Å². The van der Waals surface area contributed by atoms with Crippen LogP contribution < -0.4 is 0 Å². The number of rotatable bonds is 5. The molecule has 1 fully saturated rings. The number of ether oxygens (including phenoxy) is 1. The molecule has 104 valence electrons. The summed E-state index contributed by atoms with van der Waals surface area (Å²) in [5.41, 5.74) is 1.22. The van der Waals surface area contributed by atoms with Crippen molar-refractivity contribution in [2.75, 3.05) is 20.3 Å². The summed E-state index contributed by atoms with van der Waals surface area (Å²) in [5, 5.41) is 9.34. The molecule has 0 spiro atoms. The van der Waals surface area contributed by atoms with E-state index in [0.717, 1.165) is 25.9 Å². The molecule has 1 N–H and O–H groups in total. The van der Waals surface area contributed by atoms with Crippen LogP contribution in [0.5, 0.6) is 0 Å². The van der Waals surface area contributed by atoms with Gasteiger partial charge in [0, 0.05) is 19.7 Å². The average Bonchev–Trinajstić information content (AvgIpc) is 2.42. The van der Waals surface area contributed by atoms with E-state index in [-0.39, 0.29) is 12.0 Å². The zero-order chi connectivity index (χ0) is 13.7. The number of piperidine rings is 1. The van der Waals surface area contributed by atoms with E-state index in [4.69, 9.17) is 4.74 Å². The van der Waals surface area contributed by atoms with Crippen LogP contribution >= 0.6 is 0 Å². The molecule has 0 radical (unpaired) electrons. The first-order valence-corrected chi connectivity index (χ1v) is 6.72. The van der Waals surface area contributed by atoms with Gasteiger partial charge in [-0.2, -0.15) is 0 Å². The molecule has 0 aromatic heterocycles. The third-order valence-electron chi connectivity index (χ3n) is 3.78. The van der Waals surface area contributed by atoms with Gasteiger partial charge in [0.2, 0.25) is 0 Å². The molecule has 0 amide bonds. The Bertz CT molecular complexity index is 407. The van der Waals surface area contributed by atoms with E-state index in [1.807, 2.05) is 18.2 Å². The third-order valence-corrected chi connectivity index (χ3v) is 3.78. The number of carboxylic acids is 1. The minimum atomic E-state index is -0.709. The SMILES string of the molecule is COCC1C(C(=O)O)CCCN1Cc1ccccc1. The summed E-state index contributed by atoms with van der Waals surface area (Å²) >= 11 is 0. The van der Waals surface area contributed by atoms with Gasteiger partial charge in [-0.15, -0.1) is 0 Å². The molecule has 1 aliphatic rings. The minimum absolute atomic E-state index is 0.0311. The van der Waals surface area contributed by atoms with Crippen LogP contribution in [0.1, 0.15) is 18.4 Å². The topological polar surface area (TPSA) is 49.8 Å². The standard InChI is InChI=1S/C15H21NO3/c1-19-11-14-13(15(17)18)8-5-9-16(14)10-12-6-3-2-4-7-12/h2-4,6-7,13-14H,5,8-11H2,1H3,(H,17,18). The highest BCUT2D eigenvalue weighted by molar-refractivity contribution is 5.71. The molecule has 2 atom stereocenters. The number of likely N-dealkylation sites (tertiary alicyclic amines) is 1. The van der Waals surface area contributed by atoms with Crippen molar-refractivity contribution in [3.8, 4) is 0 Å². The molecule has 1 heterocycles. The van der Waals surface area contributed by atoms with E-state index in [1.54, 1.807) is 7.11 Å². The van der Waals surface area contributed by atoms with E-state index in [2.05, 4.69) is 17.0 Å². The summed E-state index contributed by atoms with van der Waals surface area (Å²) in [7, 11) is 1.63. The number of aliphatic carboxylic acids is 1. The lowest BCUT2D eigenvalue weighted by atomic mass is 9.89. The summed E-state index contributed by atoms with van der Waals surface area (Å²) in [6.07, 6.45) is 1.68. The molecule has 1 aromatic carbocycles. The van der Waals surface area contributed by atoms with Gasteiger partial charge in [-0.1, -0.05) is 30.3 Å². The van der Waals surface area contributed by atoms with Crippen molar-refractivity contribution in [3.63, 3.8) is 0 Å². The Labute approximate surface area is 114 Å². The molecular weight excluding hydrogens is 242 g/mol. The molecule has 0 bridgehead atoms. The van der Waals surface area contributed by atoms with Gasteiger partial charge < -0.3 is 9.84 Å². The molecule has 4 nitrogen and oxygen atoms in total. The first kappa shape index (κ1) is 14.0. The van der Waals surface area contributed by atoms with Crippen LogP contribution in [-0.4, -0.2) is 42.3 Å². The fourth-order valence-corrected chi connectivity index (χ4v) is 2.82. The van der Waals surface area contributed by atoms with Crippen LogP contribution in [0.15, 0.2) is 30.3 Å². The second-order valence-electron chi connectivity index (χ2n) is 5.07. The Balaban J connectivity index is 2.10. The number of hydrogen-bond donors (Lipinski definition) is 1. The molecule has 0 saturated carbocycles. The van der Waals surface area contributed by atoms with Crippen LogP contribution in [0.2, 0.25) is 0 Å². The zero-order valence-corrected chi connectivity index (χ0v) is 11.3. The summed E-state index contributed by atoms with van der Waals surface area (Å²) in [6.45, 7) is 2.20. The minimum Gasteiger partial charge on any atom is -0.481 e. The Morgan fingerprint density at radius 2 is 2.16 bits per heavy atom. The highest BCUT2D eigenvalue weighted by atomic mass is 16.5. The lowest BCUT2D eigenvalue weighted by molar-refractivity contribution is -0.147. The second-order valence-corrected chi connectivity index (χ2v) is 5.07. The highest BCUT2D eigenvalue weighted by Gasteiger charge is 2.35. The van der Waals surface area contributed by atoms with Crippen molar-refractivity contribution in [1.82, 2.24) is 4.90 Å². The van der Waals surface area contributed by atoms with E-state index in [0.29, 0.717) is 6.61 Å². The normalized spacial score (nSPS) is 24.3. The van der Waals surface area contributed by atoms with Crippen molar-refractivity contribution in [2.45, 2.75) is 25.4 Å². The number of carboxylic acid groups (broad SMARTS) is 1. The molecule has 1 aliphatic heterocycles. The van der Waals surface area contributed by atoms with Gasteiger partial charge in [-0.25, -0.2) is 0 Å². The predicted molar refractivity (Wildman–Crippen MR) is 72.9 cm³/mol. The van der Waals surface area contributed by atoms with Crippen LogP contribution in [0.25, 0.3) is 0 Å². The first-order chi connectivity index (χ1) is 9.22. The van der Waals surface area contributed by atoms with Crippen molar-refractivity contribution < 1.29 is 14.6 Å². The Morgan fingerprint density at radius 1 is 1.42 bits per heavy atom. The van der Waals surface area contributed by atoms with Crippen LogP contribution in [0.4, 0.5) is 0 Å². The monoisotopic (exact) mass is 263 g/mol. The maximum atomic E-state index is 11.4. The largest absolute Gasteiger partial charge is 0.481 e. The smallest absolute Gasteiger partial charge is 0.308 e. The molecule has 4 heteroatoms. The molecule has 2 unspecified atom stereocenters. The van der Waals surface area contributed by atoms with E-state index in [9.17, 15) is 9.90 Å². The highest BCUT2D eigenvalue weighted by Crippen LogP contribution is 2.26. The summed E-state index contributed by atoms with van der Waals surface area (Å²) in [4.78, 5) is 13.6. The number of carbonyl (C=O) groups is 1. The lowest BCUT2D eigenvalue weighted by Crippen LogP contribution is -2.49. The zero-order valence-electron chi connectivity index (χ0n) is 11.3. The average molecular weight is 263 g/mol. The molecular formula is C15H21NO3. The fraction of sp³-hybridized carbons (Fsp3) is 0.533. The van der Waals surface area contributed by atoms with Gasteiger partial charge in [0.15, 0.2) is 0 Å². The summed E-state index contributed by atoms with van der Waals surface area (Å²) in [6, 6.07) is 10.1.